The second-order valence-electron chi connectivity index (χ2n) is 1.89. The Balaban J connectivity index is 2.88. The van der Waals surface area contributed by atoms with Crippen LogP contribution in [0.15, 0.2) is 24.5 Å². The summed E-state index contributed by atoms with van der Waals surface area (Å²) in [4.78, 5) is 3.82. The molecule has 0 spiro atoms. The minimum Gasteiger partial charge on any atom is -0.312 e. The average Bonchev–Trinajstić information content (AvgIpc) is 2.05. The van der Waals surface area contributed by atoms with E-state index in [1.165, 1.54) is 0 Å². The van der Waals surface area contributed by atoms with Gasteiger partial charge < -0.3 is 5.73 Å². The van der Waals surface area contributed by atoms with Gasteiger partial charge in [0.05, 0.1) is 6.07 Å². The molecule has 0 aliphatic heterocycles. The van der Waals surface area contributed by atoms with Crippen LogP contribution < -0.4 is 5.73 Å². The van der Waals surface area contributed by atoms with E-state index in [-0.39, 0.29) is 0 Å². The van der Waals surface area contributed by atoms with Gasteiger partial charge in [0.2, 0.25) is 0 Å². The predicted molar refractivity (Wildman–Crippen MR) is 36.8 cm³/mol. The number of pyridine rings is 1. The molecule has 3 heteroatoms. The molecule has 0 aliphatic rings. The van der Waals surface area contributed by atoms with Crippen molar-refractivity contribution >= 4 is 0 Å². The maximum absolute atomic E-state index is 8.39. The fraction of sp³-hybridized carbons (Fsp3) is 0.143. The zero-order valence-corrected chi connectivity index (χ0v) is 5.36. The van der Waals surface area contributed by atoms with Crippen molar-refractivity contribution in [3.05, 3.63) is 30.1 Å². The molecule has 10 heavy (non-hydrogen) atoms. The summed E-state index contributed by atoms with van der Waals surface area (Å²) in [7, 11) is 0. The molecule has 0 bridgehead atoms. The first-order chi connectivity index (χ1) is 4.84. The van der Waals surface area contributed by atoms with Gasteiger partial charge in [-0.1, -0.05) is 6.07 Å². The van der Waals surface area contributed by atoms with Gasteiger partial charge in [0.25, 0.3) is 0 Å². The summed E-state index contributed by atoms with van der Waals surface area (Å²) in [5, 5.41) is 8.39. The van der Waals surface area contributed by atoms with Crippen LogP contribution in [0.1, 0.15) is 11.6 Å². The molecule has 1 aromatic heterocycles. The Bertz CT molecular complexity index is 237. The van der Waals surface area contributed by atoms with E-state index in [4.69, 9.17) is 11.0 Å². The van der Waals surface area contributed by atoms with E-state index < -0.39 is 6.04 Å². The maximum atomic E-state index is 8.39. The van der Waals surface area contributed by atoms with Crippen LogP contribution in [0, 0.1) is 11.3 Å². The van der Waals surface area contributed by atoms with Crippen molar-refractivity contribution < 1.29 is 0 Å². The second kappa shape index (κ2) is 2.95. The lowest BCUT2D eigenvalue weighted by molar-refractivity contribution is 0.915. The summed E-state index contributed by atoms with van der Waals surface area (Å²) in [5.41, 5.74) is 6.15. The van der Waals surface area contributed by atoms with Crippen molar-refractivity contribution in [2.24, 2.45) is 5.73 Å². The minimum atomic E-state index is -0.548. The normalized spacial score (nSPS) is 12.0. The molecule has 0 radical (unpaired) electrons. The van der Waals surface area contributed by atoms with Gasteiger partial charge in [0.15, 0.2) is 0 Å². The Kier molecular flexibility index (Phi) is 1.98. The lowest BCUT2D eigenvalue weighted by Crippen LogP contribution is -2.06. The van der Waals surface area contributed by atoms with Gasteiger partial charge in [-0.3, -0.25) is 4.98 Å². The highest BCUT2D eigenvalue weighted by molar-refractivity contribution is 5.18. The van der Waals surface area contributed by atoms with Crippen LogP contribution in [0.3, 0.4) is 0 Å². The molecular formula is C7H7N3. The standard InChI is InChI=1S/C7H7N3/c8-4-7(9)6-2-1-3-10-5-6/h1-3,5,7H,9H2. The van der Waals surface area contributed by atoms with Gasteiger partial charge in [-0.25, -0.2) is 0 Å². The molecule has 3 nitrogen and oxygen atoms in total. The van der Waals surface area contributed by atoms with E-state index in [1.807, 2.05) is 6.07 Å². The molecule has 2 N–H and O–H groups in total. The third kappa shape index (κ3) is 1.30. The molecule has 1 aromatic rings. The van der Waals surface area contributed by atoms with Gasteiger partial charge in [0, 0.05) is 18.0 Å². The van der Waals surface area contributed by atoms with E-state index in [0.29, 0.717) is 0 Å². The van der Waals surface area contributed by atoms with Crippen molar-refractivity contribution in [2.75, 3.05) is 0 Å². The van der Waals surface area contributed by atoms with Gasteiger partial charge in [-0.05, 0) is 6.07 Å². The number of nitrogens with two attached hydrogens (primary N) is 1. The molecule has 1 unspecified atom stereocenters. The topological polar surface area (TPSA) is 62.7 Å². The van der Waals surface area contributed by atoms with Crippen LogP contribution in [0.5, 0.6) is 0 Å². The maximum Gasteiger partial charge on any atom is 0.120 e. The van der Waals surface area contributed by atoms with Gasteiger partial charge in [0.1, 0.15) is 6.04 Å². The Morgan fingerprint density at radius 3 is 3.00 bits per heavy atom. The Morgan fingerprint density at radius 1 is 1.70 bits per heavy atom. The minimum absolute atomic E-state index is 0.548. The highest BCUT2D eigenvalue weighted by Gasteiger charge is 2.00. The van der Waals surface area contributed by atoms with Crippen LogP contribution in [-0.4, -0.2) is 4.98 Å². The third-order valence-electron chi connectivity index (χ3n) is 1.18. The average molecular weight is 133 g/mol. The first-order valence-corrected chi connectivity index (χ1v) is 2.89. The lowest BCUT2D eigenvalue weighted by atomic mass is 10.1. The molecule has 1 rings (SSSR count). The van der Waals surface area contributed by atoms with Gasteiger partial charge in [-0.15, -0.1) is 0 Å². The SMILES string of the molecule is N#CC(N)c1cccnc1. The number of rotatable bonds is 1. The Hall–Kier alpha value is -1.40. The molecule has 0 aliphatic carbocycles. The highest BCUT2D eigenvalue weighted by Crippen LogP contribution is 2.04. The lowest BCUT2D eigenvalue weighted by Gasteiger charge is -1.98. The summed E-state index contributed by atoms with van der Waals surface area (Å²) in [6.45, 7) is 0. The first kappa shape index (κ1) is 6.72. The zero-order valence-electron chi connectivity index (χ0n) is 5.36. The van der Waals surface area contributed by atoms with Crippen LogP contribution >= 0.6 is 0 Å². The van der Waals surface area contributed by atoms with Gasteiger partial charge >= 0.3 is 0 Å². The zero-order chi connectivity index (χ0) is 7.40. The first-order valence-electron chi connectivity index (χ1n) is 2.89. The van der Waals surface area contributed by atoms with Gasteiger partial charge in [-0.2, -0.15) is 5.26 Å². The van der Waals surface area contributed by atoms with E-state index >= 15 is 0 Å². The Labute approximate surface area is 59.1 Å². The summed E-state index contributed by atoms with van der Waals surface area (Å²) in [5.74, 6) is 0. The second-order valence-corrected chi connectivity index (χ2v) is 1.89. The predicted octanol–water partition coefficient (Wildman–Crippen LogP) is 0.605. The molecule has 0 amide bonds. The largest absolute Gasteiger partial charge is 0.312 e. The van der Waals surface area contributed by atoms with Crippen molar-refractivity contribution in [3.8, 4) is 6.07 Å². The Morgan fingerprint density at radius 2 is 2.50 bits per heavy atom. The van der Waals surface area contributed by atoms with Crippen molar-refractivity contribution in [1.82, 2.24) is 4.98 Å². The van der Waals surface area contributed by atoms with Crippen LogP contribution in [0.2, 0.25) is 0 Å². The summed E-state index contributed by atoms with van der Waals surface area (Å²) in [6, 6.07) is 4.91. The number of hydrogen-bond acceptors (Lipinski definition) is 3. The van der Waals surface area contributed by atoms with E-state index in [1.54, 1.807) is 24.5 Å². The number of nitriles is 1. The molecule has 1 heterocycles. The molecule has 0 aromatic carbocycles. The van der Waals surface area contributed by atoms with Crippen LogP contribution in [0.25, 0.3) is 0 Å². The molecular weight excluding hydrogens is 126 g/mol. The number of aromatic nitrogens is 1. The molecule has 0 saturated heterocycles. The molecule has 0 saturated carbocycles. The number of hydrogen-bond donors (Lipinski definition) is 1. The van der Waals surface area contributed by atoms with Crippen molar-refractivity contribution in [2.45, 2.75) is 6.04 Å². The highest BCUT2D eigenvalue weighted by atomic mass is 14.7. The smallest absolute Gasteiger partial charge is 0.120 e. The van der Waals surface area contributed by atoms with E-state index in [9.17, 15) is 0 Å². The quantitative estimate of drug-likeness (QED) is 0.610. The molecule has 0 fully saturated rings. The summed E-state index contributed by atoms with van der Waals surface area (Å²) in [6.07, 6.45) is 3.24. The van der Waals surface area contributed by atoms with E-state index in [2.05, 4.69) is 4.98 Å². The third-order valence-corrected chi connectivity index (χ3v) is 1.18. The summed E-state index contributed by atoms with van der Waals surface area (Å²) >= 11 is 0. The molecule has 1 atom stereocenters. The number of nitrogens with zero attached hydrogens (tertiary/aromatic N) is 2. The molecule has 50 valence electrons. The van der Waals surface area contributed by atoms with Crippen molar-refractivity contribution in [1.29, 1.82) is 5.26 Å². The van der Waals surface area contributed by atoms with E-state index in [0.717, 1.165) is 5.56 Å². The van der Waals surface area contributed by atoms with Crippen molar-refractivity contribution in [3.63, 3.8) is 0 Å². The fourth-order valence-electron chi connectivity index (χ4n) is 0.634. The summed E-state index contributed by atoms with van der Waals surface area (Å²) < 4.78 is 0. The fourth-order valence-corrected chi connectivity index (χ4v) is 0.634. The van der Waals surface area contributed by atoms with Crippen LogP contribution in [0.4, 0.5) is 0 Å². The monoisotopic (exact) mass is 133 g/mol. The van der Waals surface area contributed by atoms with Crippen LogP contribution in [-0.2, 0) is 0 Å².